The lowest BCUT2D eigenvalue weighted by Gasteiger charge is -2.16. The fourth-order valence-corrected chi connectivity index (χ4v) is 2.50. The molecule has 0 spiro atoms. The van der Waals surface area contributed by atoms with Crippen molar-refractivity contribution in [3.05, 3.63) is 35.9 Å². The fourth-order valence-electron chi connectivity index (χ4n) is 2.50. The maximum atomic E-state index is 12.0. The number of carbonyl (C=O) groups is 1. The number of benzene rings is 1. The second-order valence-electron chi connectivity index (χ2n) is 5.07. The second-order valence-corrected chi connectivity index (χ2v) is 5.07. The standard InChI is InChI=1S/C15H22N2O/c16-11-14-9-10-17(12-14)15(18)8-4-7-13-5-2-1-3-6-13/h1-3,5-6,14H,4,7-12,16H2. The SMILES string of the molecule is NCC1CCN(C(=O)CCCc2ccccc2)C1. The minimum Gasteiger partial charge on any atom is -0.342 e. The third-order valence-electron chi connectivity index (χ3n) is 3.67. The first kappa shape index (κ1) is 13.1. The Balaban J connectivity index is 1.69. The maximum absolute atomic E-state index is 12.0. The highest BCUT2D eigenvalue weighted by Crippen LogP contribution is 2.16. The predicted octanol–water partition coefficient (Wildman–Crippen LogP) is 1.82. The Morgan fingerprint density at radius 3 is 2.78 bits per heavy atom. The van der Waals surface area contributed by atoms with Gasteiger partial charge in [0.2, 0.25) is 5.91 Å². The zero-order chi connectivity index (χ0) is 12.8. The van der Waals surface area contributed by atoms with Gasteiger partial charge in [0.1, 0.15) is 0 Å². The van der Waals surface area contributed by atoms with Crippen LogP contribution in [-0.2, 0) is 11.2 Å². The zero-order valence-corrected chi connectivity index (χ0v) is 10.8. The van der Waals surface area contributed by atoms with Crippen molar-refractivity contribution in [2.24, 2.45) is 11.7 Å². The molecule has 1 aliphatic rings. The predicted molar refractivity (Wildman–Crippen MR) is 73.1 cm³/mol. The summed E-state index contributed by atoms with van der Waals surface area (Å²) >= 11 is 0. The minimum atomic E-state index is 0.293. The first-order valence-electron chi connectivity index (χ1n) is 6.81. The van der Waals surface area contributed by atoms with E-state index in [9.17, 15) is 4.79 Å². The topological polar surface area (TPSA) is 46.3 Å². The van der Waals surface area contributed by atoms with Gasteiger partial charge in [0, 0.05) is 19.5 Å². The van der Waals surface area contributed by atoms with Crippen molar-refractivity contribution in [3.63, 3.8) is 0 Å². The van der Waals surface area contributed by atoms with Gasteiger partial charge in [0.25, 0.3) is 0 Å². The molecular weight excluding hydrogens is 224 g/mol. The quantitative estimate of drug-likeness (QED) is 0.861. The van der Waals surface area contributed by atoms with Crippen LogP contribution in [0.1, 0.15) is 24.8 Å². The lowest BCUT2D eigenvalue weighted by atomic mass is 10.1. The molecule has 2 N–H and O–H groups in total. The highest BCUT2D eigenvalue weighted by molar-refractivity contribution is 5.76. The molecule has 3 nitrogen and oxygen atoms in total. The normalized spacial score (nSPS) is 19.2. The molecule has 0 aromatic heterocycles. The first-order valence-corrected chi connectivity index (χ1v) is 6.81. The van der Waals surface area contributed by atoms with Crippen LogP contribution in [0.5, 0.6) is 0 Å². The molecule has 0 radical (unpaired) electrons. The summed E-state index contributed by atoms with van der Waals surface area (Å²) in [7, 11) is 0. The molecule has 3 heteroatoms. The van der Waals surface area contributed by atoms with Crippen LogP contribution >= 0.6 is 0 Å². The third-order valence-corrected chi connectivity index (χ3v) is 3.67. The summed E-state index contributed by atoms with van der Waals surface area (Å²) in [4.78, 5) is 14.0. The Kier molecular flexibility index (Phi) is 4.76. The molecule has 98 valence electrons. The van der Waals surface area contributed by atoms with Crippen molar-refractivity contribution in [1.82, 2.24) is 4.90 Å². The van der Waals surface area contributed by atoms with Gasteiger partial charge >= 0.3 is 0 Å². The van der Waals surface area contributed by atoms with E-state index in [1.807, 2.05) is 23.1 Å². The van der Waals surface area contributed by atoms with Crippen LogP contribution < -0.4 is 5.73 Å². The summed E-state index contributed by atoms with van der Waals surface area (Å²) in [6, 6.07) is 10.3. The molecule has 0 saturated carbocycles. The molecule has 1 aliphatic heterocycles. The molecule has 1 aromatic carbocycles. The van der Waals surface area contributed by atoms with Crippen LogP contribution in [0.15, 0.2) is 30.3 Å². The van der Waals surface area contributed by atoms with Crippen molar-refractivity contribution >= 4 is 5.91 Å². The Morgan fingerprint density at radius 1 is 1.33 bits per heavy atom. The summed E-state index contributed by atoms with van der Waals surface area (Å²) in [5, 5.41) is 0. The van der Waals surface area contributed by atoms with Crippen molar-refractivity contribution < 1.29 is 4.79 Å². The van der Waals surface area contributed by atoms with E-state index in [-0.39, 0.29) is 0 Å². The Hall–Kier alpha value is -1.35. The number of nitrogens with two attached hydrogens (primary N) is 1. The summed E-state index contributed by atoms with van der Waals surface area (Å²) in [6.07, 6.45) is 3.65. The molecule has 0 bridgehead atoms. The van der Waals surface area contributed by atoms with Crippen LogP contribution in [0.25, 0.3) is 0 Å². The molecule has 1 saturated heterocycles. The molecule has 1 aromatic rings. The molecule has 1 atom stereocenters. The van der Waals surface area contributed by atoms with E-state index >= 15 is 0 Å². The highest BCUT2D eigenvalue weighted by Gasteiger charge is 2.24. The maximum Gasteiger partial charge on any atom is 0.222 e. The number of aryl methyl sites for hydroxylation is 1. The number of nitrogens with zero attached hydrogens (tertiary/aromatic N) is 1. The summed E-state index contributed by atoms with van der Waals surface area (Å²) < 4.78 is 0. The van der Waals surface area contributed by atoms with Gasteiger partial charge < -0.3 is 10.6 Å². The summed E-state index contributed by atoms with van der Waals surface area (Å²) in [6.45, 7) is 2.46. The van der Waals surface area contributed by atoms with Gasteiger partial charge in [-0.3, -0.25) is 4.79 Å². The number of hydrogen-bond donors (Lipinski definition) is 1. The van der Waals surface area contributed by atoms with E-state index in [1.165, 1.54) is 5.56 Å². The lowest BCUT2D eigenvalue weighted by Crippen LogP contribution is -2.29. The summed E-state index contributed by atoms with van der Waals surface area (Å²) in [5.74, 6) is 0.810. The van der Waals surface area contributed by atoms with Crippen molar-refractivity contribution in [3.8, 4) is 0 Å². The van der Waals surface area contributed by atoms with Crippen molar-refractivity contribution in [2.75, 3.05) is 19.6 Å². The van der Waals surface area contributed by atoms with Gasteiger partial charge in [0.15, 0.2) is 0 Å². The molecule has 2 rings (SSSR count). The molecule has 1 heterocycles. The van der Waals surface area contributed by atoms with Crippen LogP contribution in [0.3, 0.4) is 0 Å². The monoisotopic (exact) mass is 246 g/mol. The minimum absolute atomic E-state index is 0.293. The van der Waals surface area contributed by atoms with Crippen LogP contribution in [0.4, 0.5) is 0 Å². The van der Waals surface area contributed by atoms with Gasteiger partial charge in [-0.1, -0.05) is 30.3 Å². The fraction of sp³-hybridized carbons (Fsp3) is 0.533. The lowest BCUT2D eigenvalue weighted by molar-refractivity contribution is -0.130. The smallest absolute Gasteiger partial charge is 0.222 e. The van der Waals surface area contributed by atoms with E-state index < -0.39 is 0 Å². The second kappa shape index (κ2) is 6.55. The van der Waals surface area contributed by atoms with E-state index in [4.69, 9.17) is 5.73 Å². The molecule has 0 aliphatic carbocycles. The molecule has 1 amide bonds. The zero-order valence-electron chi connectivity index (χ0n) is 10.8. The largest absolute Gasteiger partial charge is 0.342 e. The molecule has 18 heavy (non-hydrogen) atoms. The van der Waals surface area contributed by atoms with Crippen LogP contribution in [0, 0.1) is 5.92 Å². The van der Waals surface area contributed by atoms with Crippen molar-refractivity contribution in [1.29, 1.82) is 0 Å². The summed E-state index contributed by atoms with van der Waals surface area (Å²) in [5.41, 5.74) is 6.95. The van der Waals surface area contributed by atoms with E-state index in [1.54, 1.807) is 0 Å². The van der Waals surface area contributed by atoms with Gasteiger partial charge in [0.05, 0.1) is 0 Å². The average Bonchev–Trinajstić information content (AvgIpc) is 2.89. The van der Waals surface area contributed by atoms with Gasteiger partial charge in [-0.05, 0) is 37.3 Å². The molecule has 1 fully saturated rings. The van der Waals surface area contributed by atoms with Crippen molar-refractivity contribution in [2.45, 2.75) is 25.7 Å². The first-order chi connectivity index (χ1) is 8.79. The van der Waals surface area contributed by atoms with E-state index in [0.29, 0.717) is 24.8 Å². The van der Waals surface area contributed by atoms with Crippen LogP contribution in [-0.4, -0.2) is 30.4 Å². The van der Waals surface area contributed by atoms with E-state index in [2.05, 4.69) is 12.1 Å². The molecular formula is C15H22N2O. The average molecular weight is 246 g/mol. The molecule has 1 unspecified atom stereocenters. The Bertz CT molecular complexity index is 377. The van der Waals surface area contributed by atoms with E-state index in [0.717, 1.165) is 32.4 Å². The third kappa shape index (κ3) is 3.57. The van der Waals surface area contributed by atoms with Gasteiger partial charge in [-0.2, -0.15) is 0 Å². The number of likely N-dealkylation sites (tertiary alicyclic amines) is 1. The van der Waals surface area contributed by atoms with Gasteiger partial charge in [-0.25, -0.2) is 0 Å². The Morgan fingerprint density at radius 2 is 2.11 bits per heavy atom. The number of rotatable bonds is 5. The van der Waals surface area contributed by atoms with Crippen LogP contribution in [0.2, 0.25) is 0 Å². The van der Waals surface area contributed by atoms with Gasteiger partial charge in [-0.15, -0.1) is 0 Å². The Labute approximate surface area is 109 Å². The number of hydrogen-bond acceptors (Lipinski definition) is 2. The number of amides is 1. The highest BCUT2D eigenvalue weighted by atomic mass is 16.2. The number of carbonyl (C=O) groups excluding carboxylic acids is 1.